The molecule has 1 aliphatic carbocycles. The number of rotatable bonds is 5. The first-order valence-electron chi connectivity index (χ1n) is 9.82. The van der Waals surface area contributed by atoms with E-state index in [1.807, 2.05) is 0 Å². The summed E-state index contributed by atoms with van der Waals surface area (Å²) in [5.74, 6) is 1.54. The van der Waals surface area contributed by atoms with Crippen LogP contribution in [0, 0.1) is 11.3 Å². The molecule has 1 aromatic heterocycles. The lowest BCUT2D eigenvalue weighted by Crippen LogP contribution is -2.68. The van der Waals surface area contributed by atoms with Crippen LogP contribution in [-0.4, -0.2) is 42.8 Å². The average molecular weight is 354 g/mol. The summed E-state index contributed by atoms with van der Waals surface area (Å²) in [7, 11) is 0. The maximum absolute atomic E-state index is 5.91. The number of benzene rings is 1. The predicted octanol–water partition coefficient (Wildman–Crippen LogP) is 3.08. The number of hydrogen-bond acceptors (Lipinski definition) is 2. The SMILES string of the molecule is CCNC(=NCCc1c[nH]c2ccccc12)NC1C2CCOC2C1(C)C. The Morgan fingerprint density at radius 2 is 2.19 bits per heavy atom. The molecule has 1 aromatic carbocycles. The highest BCUT2D eigenvalue weighted by atomic mass is 16.5. The topological polar surface area (TPSA) is 61.4 Å². The molecule has 0 radical (unpaired) electrons. The summed E-state index contributed by atoms with van der Waals surface area (Å²) < 4.78 is 5.91. The molecule has 1 saturated heterocycles. The van der Waals surface area contributed by atoms with E-state index in [0.29, 0.717) is 18.1 Å². The van der Waals surface area contributed by atoms with Gasteiger partial charge in [0.1, 0.15) is 0 Å². The third-order valence-electron chi connectivity index (χ3n) is 6.06. The van der Waals surface area contributed by atoms with Gasteiger partial charge in [-0.25, -0.2) is 0 Å². The van der Waals surface area contributed by atoms with Gasteiger partial charge in [-0.05, 0) is 31.4 Å². The lowest BCUT2D eigenvalue weighted by atomic mass is 9.57. The predicted molar refractivity (Wildman–Crippen MR) is 107 cm³/mol. The molecule has 26 heavy (non-hydrogen) atoms. The van der Waals surface area contributed by atoms with Crippen LogP contribution in [0.15, 0.2) is 35.5 Å². The second-order valence-electron chi connectivity index (χ2n) is 8.06. The molecule has 5 heteroatoms. The lowest BCUT2D eigenvalue weighted by molar-refractivity contribution is -0.106. The summed E-state index contributed by atoms with van der Waals surface area (Å²) in [6, 6.07) is 8.88. The van der Waals surface area contributed by atoms with Gasteiger partial charge >= 0.3 is 0 Å². The molecule has 1 aliphatic heterocycles. The van der Waals surface area contributed by atoms with Crippen LogP contribution in [0.4, 0.5) is 0 Å². The van der Waals surface area contributed by atoms with Crippen molar-refractivity contribution < 1.29 is 4.74 Å². The van der Waals surface area contributed by atoms with Crippen LogP contribution in [0.1, 0.15) is 32.8 Å². The summed E-state index contributed by atoms with van der Waals surface area (Å²) in [6.07, 6.45) is 4.59. The minimum absolute atomic E-state index is 0.161. The largest absolute Gasteiger partial charge is 0.377 e. The number of nitrogens with zero attached hydrogens (tertiary/aromatic N) is 1. The summed E-state index contributed by atoms with van der Waals surface area (Å²) in [4.78, 5) is 8.18. The Morgan fingerprint density at radius 3 is 3.04 bits per heavy atom. The first kappa shape index (κ1) is 17.4. The summed E-state index contributed by atoms with van der Waals surface area (Å²) in [6.45, 7) is 9.25. The number of guanidine groups is 1. The Labute approximate surface area is 155 Å². The van der Waals surface area contributed by atoms with Crippen molar-refractivity contribution in [3.8, 4) is 0 Å². The van der Waals surface area contributed by atoms with Gasteiger partial charge in [0, 0.05) is 54.2 Å². The normalized spacial score (nSPS) is 27.2. The monoisotopic (exact) mass is 354 g/mol. The fourth-order valence-electron chi connectivity index (χ4n) is 4.71. The summed E-state index contributed by atoms with van der Waals surface area (Å²) in [5, 5.41) is 8.39. The zero-order valence-electron chi connectivity index (χ0n) is 16.0. The smallest absolute Gasteiger partial charge is 0.191 e. The third kappa shape index (κ3) is 2.98. The minimum Gasteiger partial charge on any atom is -0.377 e. The highest BCUT2D eigenvalue weighted by Gasteiger charge is 2.59. The van der Waals surface area contributed by atoms with Crippen LogP contribution < -0.4 is 10.6 Å². The Hall–Kier alpha value is -2.01. The van der Waals surface area contributed by atoms with Crippen molar-refractivity contribution in [1.29, 1.82) is 0 Å². The number of para-hydroxylation sites is 1. The van der Waals surface area contributed by atoms with Gasteiger partial charge in [0.05, 0.1) is 6.10 Å². The number of nitrogens with one attached hydrogen (secondary N) is 3. The number of aromatic amines is 1. The zero-order chi connectivity index (χ0) is 18.1. The molecular formula is C21H30N4O. The lowest BCUT2D eigenvalue weighted by Gasteiger charge is -2.54. The quantitative estimate of drug-likeness (QED) is 0.571. The van der Waals surface area contributed by atoms with Crippen molar-refractivity contribution in [3.63, 3.8) is 0 Å². The van der Waals surface area contributed by atoms with Crippen molar-refractivity contribution in [2.24, 2.45) is 16.3 Å². The Morgan fingerprint density at radius 1 is 1.35 bits per heavy atom. The first-order chi connectivity index (χ1) is 12.6. The molecule has 2 aromatic rings. The molecule has 140 valence electrons. The molecule has 2 fully saturated rings. The van der Waals surface area contributed by atoms with E-state index in [2.05, 4.69) is 66.9 Å². The van der Waals surface area contributed by atoms with Crippen LogP contribution in [-0.2, 0) is 11.2 Å². The van der Waals surface area contributed by atoms with Gasteiger partial charge in [-0.1, -0.05) is 32.0 Å². The fraction of sp³-hybridized carbons (Fsp3) is 0.571. The van der Waals surface area contributed by atoms with Gasteiger partial charge in [0.25, 0.3) is 0 Å². The van der Waals surface area contributed by atoms with Crippen molar-refractivity contribution in [2.45, 2.75) is 45.8 Å². The highest BCUT2D eigenvalue weighted by Crippen LogP contribution is 2.52. The maximum Gasteiger partial charge on any atom is 0.191 e. The number of hydrogen-bond donors (Lipinski definition) is 3. The van der Waals surface area contributed by atoms with E-state index in [1.54, 1.807) is 0 Å². The standard InChI is InChI=1S/C21H30N4O/c1-4-22-20(25-18-16-10-12-26-19(16)21(18,2)3)23-11-9-14-13-24-17-8-6-5-7-15(14)17/h5-8,13,16,18-19,24H,4,9-12H2,1-3H3,(H2,22,23,25). The van der Waals surface area contributed by atoms with Crippen LogP contribution in [0.2, 0.25) is 0 Å². The molecule has 3 atom stereocenters. The second-order valence-corrected chi connectivity index (χ2v) is 8.06. The number of aromatic nitrogens is 1. The van der Waals surface area contributed by atoms with E-state index < -0.39 is 0 Å². The Balaban J connectivity index is 1.41. The fourth-order valence-corrected chi connectivity index (χ4v) is 4.71. The third-order valence-corrected chi connectivity index (χ3v) is 6.06. The van der Waals surface area contributed by atoms with E-state index in [4.69, 9.17) is 9.73 Å². The summed E-state index contributed by atoms with van der Waals surface area (Å²) in [5.41, 5.74) is 2.68. The van der Waals surface area contributed by atoms with E-state index >= 15 is 0 Å². The van der Waals surface area contributed by atoms with E-state index in [9.17, 15) is 0 Å². The van der Waals surface area contributed by atoms with Gasteiger partial charge in [-0.2, -0.15) is 0 Å². The average Bonchev–Trinajstić information content (AvgIpc) is 3.25. The molecular weight excluding hydrogens is 324 g/mol. The number of fused-ring (bicyclic) bond motifs is 2. The molecule has 0 amide bonds. The van der Waals surface area contributed by atoms with Gasteiger partial charge < -0.3 is 20.4 Å². The van der Waals surface area contributed by atoms with Crippen molar-refractivity contribution >= 4 is 16.9 Å². The van der Waals surface area contributed by atoms with E-state index in [1.165, 1.54) is 16.5 Å². The van der Waals surface area contributed by atoms with Crippen LogP contribution >= 0.6 is 0 Å². The molecule has 3 N–H and O–H groups in total. The number of H-pyrrole nitrogens is 1. The molecule has 5 nitrogen and oxygen atoms in total. The van der Waals surface area contributed by atoms with Crippen LogP contribution in [0.3, 0.4) is 0 Å². The molecule has 1 saturated carbocycles. The zero-order valence-corrected chi connectivity index (χ0v) is 16.0. The highest BCUT2D eigenvalue weighted by molar-refractivity contribution is 5.83. The molecule has 3 unspecified atom stereocenters. The molecule has 2 aliphatic rings. The van der Waals surface area contributed by atoms with E-state index in [0.717, 1.165) is 38.5 Å². The molecule has 2 heterocycles. The van der Waals surface area contributed by atoms with Crippen molar-refractivity contribution in [1.82, 2.24) is 15.6 Å². The van der Waals surface area contributed by atoms with Crippen LogP contribution in [0.25, 0.3) is 10.9 Å². The number of aliphatic imine (C=N–C) groups is 1. The van der Waals surface area contributed by atoms with Crippen LogP contribution in [0.5, 0.6) is 0 Å². The van der Waals surface area contributed by atoms with Gasteiger partial charge in [-0.15, -0.1) is 0 Å². The van der Waals surface area contributed by atoms with E-state index in [-0.39, 0.29) is 5.41 Å². The number of ether oxygens (including phenoxy) is 1. The van der Waals surface area contributed by atoms with Gasteiger partial charge in [0.2, 0.25) is 0 Å². The molecule has 0 bridgehead atoms. The van der Waals surface area contributed by atoms with Gasteiger partial charge in [-0.3, -0.25) is 4.99 Å². The first-order valence-corrected chi connectivity index (χ1v) is 9.82. The van der Waals surface area contributed by atoms with Crippen molar-refractivity contribution in [2.75, 3.05) is 19.7 Å². The Bertz CT molecular complexity index is 794. The summed E-state index contributed by atoms with van der Waals surface area (Å²) >= 11 is 0. The maximum atomic E-state index is 5.91. The molecule has 4 rings (SSSR count). The van der Waals surface area contributed by atoms with Crippen molar-refractivity contribution in [3.05, 3.63) is 36.0 Å². The minimum atomic E-state index is 0.161. The van der Waals surface area contributed by atoms with Gasteiger partial charge in [0.15, 0.2) is 5.96 Å². The second kappa shape index (κ2) is 6.95. The molecule has 0 spiro atoms. The Kier molecular flexibility index (Phi) is 4.65.